The van der Waals surface area contributed by atoms with Gasteiger partial charge >= 0.3 is 0 Å². The van der Waals surface area contributed by atoms with Crippen LogP contribution in [0.4, 0.5) is 5.69 Å². The molecule has 1 amide bonds. The third-order valence-electron chi connectivity index (χ3n) is 2.67. The van der Waals surface area contributed by atoms with E-state index in [1.807, 2.05) is 43.3 Å². The van der Waals surface area contributed by atoms with E-state index in [4.69, 9.17) is 4.74 Å². The highest BCUT2D eigenvalue weighted by Gasteiger charge is 2.07. The second kappa shape index (κ2) is 6.90. The predicted molar refractivity (Wildman–Crippen MR) is 87.1 cm³/mol. The van der Waals surface area contributed by atoms with Crippen molar-refractivity contribution in [3.63, 3.8) is 0 Å². The molecule has 0 radical (unpaired) electrons. The van der Waals surface area contributed by atoms with E-state index in [0.29, 0.717) is 5.75 Å². The Bertz CT molecular complexity index is 629. The van der Waals surface area contributed by atoms with Crippen LogP contribution in [0, 0.1) is 6.92 Å². The van der Waals surface area contributed by atoms with Crippen molar-refractivity contribution >= 4 is 43.5 Å². The van der Waals surface area contributed by atoms with E-state index in [9.17, 15) is 4.79 Å². The minimum Gasteiger partial charge on any atom is -0.483 e. The first kappa shape index (κ1) is 15.1. The number of para-hydroxylation sites is 1. The lowest BCUT2D eigenvalue weighted by molar-refractivity contribution is -0.118. The Morgan fingerprint density at radius 1 is 1.20 bits per heavy atom. The zero-order valence-electron chi connectivity index (χ0n) is 10.8. The molecule has 20 heavy (non-hydrogen) atoms. The first-order chi connectivity index (χ1) is 9.56. The molecule has 2 aromatic rings. The van der Waals surface area contributed by atoms with E-state index in [2.05, 4.69) is 37.2 Å². The summed E-state index contributed by atoms with van der Waals surface area (Å²) in [5, 5.41) is 2.82. The van der Waals surface area contributed by atoms with Crippen LogP contribution >= 0.6 is 31.9 Å². The Balaban J connectivity index is 1.94. The summed E-state index contributed by atoms with van der Waals surface area (Å²) in [5.74, 6) is 0.447. The fourth-order valence-electron chi connectivity index (χ4n) is 1.64. The molecule has 1 N–H and O–H groups in total. The summed E-state index contributed by atoms with van der Waals surface area (Å²) >= 11 is 6.75. The van der Waals surface area contributed by atoms with E-state index in [-0.39, 0.29) is 12.5 Å². The second-order valence-corrected chi connectivity index (χ2v) is 6.00. The fourth-order valence-corrected chi connectivity index (χ4v) is 2.80. The maximum absolute atomic E-state index is 11.9. The van der Waals surface area contributed by atoms with Crippen LogP contribution in [-0.4, -0.2) is 12.5 Å². The van der Waals surface area contributed by atoms with Gasteiger partial charge in [-0.25, -0.2) is 0 Å². The van der Waals surface area contributed by atoms with Gasteiger partial charge in [-0.1, -0.05) is 34.1 Å². The zero-order valence-corrected chi connectivity index (χ0v) is 14.0. The third kappa shape index (κ3) is 4.08. The summed E-state index contributed by atoms with van der Waals surface area (Å²) in [7, 11) is 0. The molecule has 0 saturated carbocycles. The monoisotopic (exact) mass is 397 g/mol. The van der Waals surface area contributed by atoms with Crippen LogP contribution < -0.4 is 10.1 Å². The topological polar surface area (TPSA) is 38.3 Å². The van der Waals surface area contributed by atoms with Gasteiger partial charge in [0.2, 0.25) is 0 Å². The van der Waals surface area contributed by atoms with E-state index in [1.54, 1.807) is 6.07 Å². The molecule has 0 saturated heterocycles. The third-order valence-corrected chi connectivity index (χ3v) is 3.78. The number of rotatable bonds is 4. The zero-order chi connectivity index (χ0) is 14.5. The summed E-state index contributed by atoms with van der Waals surface area (Å²) in [6, 6.07) is 13.2. The average molecular weight is 399 g/mol. The molecule has 2 aromatic carbocycles. The maximum Gasteiger partial charge on any atom is 0.262 e. The van der Waals surface area contributed by atoms with Crippen molar-refractivity contribution in [2.45, 2.75) is 6.92 Å². The first-order valence-corrected chi connectivity index (χ1v) is 7.58. The highest BCUT2D eigenvalue weighted by atomic mass is 79.9. The van der Waals surface area contributed by atoms with Crippen LogP contribution in [0.5, 0.6) is 5.75 Å². The Kier molecular flexibility index (Phi) is 5.20. The predicted octanol–water partition coefficient (Wildman–Crippen LogP) is 4.54. The van der Waals surface area contributed by atoms with Crippen LogP contribution in [0.1, 0.15) is 5.56 Å². The summed E-state index contributed by atoms with van der Waals surface area (Å²) in [4.78, 5) is 11.9. The lowest BCUT2D eigenvalue weighted by atomic mass is 10.2. The molecule has 0 aliphatic rings. The molecule has 0 unspecified atom stereocenters. The number of hydrogen-bond acceptors (Lipinski definition) is 2. The number of amides is 1. The molecule has 2 rings (SSSR count). The van der Waals surface area contributed by atoms with Crippen molar-refractivity contribution in [1.82, 2.24) is 0 Å². The van der Waals surface area contributed by atoms with Gasteiger partial charge in [0, 0.05) is 10.2 Å². The molecule has 104 valence electrons. The number of aryl methyl sites for hydroxylation is 1. The molecule has 0 fully saturated rings. The Morgan fingerprint density at radius 2 is 1.95 bits per heavy atom. The van der Waals surface area contributed by atoms with E-state index < -0.39 is 0 Å². The van der Waals surface area contributed by atoms with Crippen molar-refractivity contribution in [3.8, 4) is 5.75 Å². The molecule has 0 heterocycles. The molecule has 5 heteroatoms. The fraction of sp³-hybridized carbons (Fsp3) is 0.133. The Labute approximate surface area is 134 Å². The van der Waals surface area contributed by atoms with Gasteiger partial charge in [0.05, 0.1) is 4.47 Å². The molecule has 0 aromatic heterocycles. The maximum atomic E-state index is 11.9. The smallest absolute Gasteiger partial charge is 0.262 e. The summed E-state index contributed by atoms with van der Waals surface area (Å²) < 4.78 is 7.23. The van der Waals surface area contributed by atoms with E-state index in [0.717, 1.165) is 20.2 Å². The standard InChI is InChI=1S/C15H13Br2NO2/c1-10-4-2-3-5-13(10)18-15(19)9-20-14-7-6-11(16)8-12(14)17/h2-8H,9H2,1H3,(H,18,19). The van der Waals surface area contributed by atoms with Gasteiger partial charge in [-0.15, -0.1) is 0 Å². The van der Waals surface area contributed by atoms with Gasteiger partial charge in [0.1, 0.15) is 5.75 Å². The molecular weight excluding hydrogens is 386 g/mol. The van der Waals surface area contributed by atoms with Crippen LogP contribution in [0.15, 0.2) is 51.4 Å². The lowest BCUT2D eigenvalue weighted by Crippen LogP contribution is -2.20. The highest BCUT2D eigenvalue weighted by Crippen LogP contribution is 2.28. The number of carbonyl (C=O) groups excluding carboxylic acids is 1. The summed E-state index contributed by atoms with van der Waals surface area (Å²) in [5.41, 5.74) is 1.82. The molecule has 0 spiro atoms. The van der Waals surface area contributed by atoms with Gasteiger partial charge in [-0.2, -0.15) is 0 Å². The van der Waals surface area contributed by atoms with Crippen LogP contribution in [-0.2, 0) is 4.79 Å². The van der Waals surface area contributed by atoms with Crippen LogP contribution in [0.25, 0.3) is 0 Å². The molecular formula is C15H13Br2NO2. The molecule has 0 aliphatic carbocycles. The van der Waals surface area contributed by atoms with Crippen molar-refractivity contribution in [2.24, 2.45) is 0 Å². The van der Waals surface area contributed by atoms with Gasteiger partial charge in [0.15, 0.2) is 6.61 Å². The van der Waals surface area contributed by atoms with Crippen LogP contribution in [0.2, 0.25) is 0 Å². The summed E-state index contributed by atoms with van der Waals surface area (Å²) in [6.45, 7) is 1.91. The van der Waals surface area contributed by atoms with Crippen molar-refractivity contribution in [2.75, 3.05) is 11.9 Å². The van der Waals surface area contributed by atoms with Crippen molar-refractivity contribution in [3.05, 3.63) is 57.0 Å². The van der Waals surface area contributed by atoms with Crippen molar-refractivity contribution < 1.29 is 9.53 Å². The average Bonchev–Trinajstić information content (AvgIpc) is 2.40. The van der Waals surface area contributed by atoms with Crippen LogP contribution in [0.3, 0.4) is 0 Å². The van der Waals surface area contributed by atoms with Crippen molar-refractivity contribution in [1.29, 1.82) is 0 Å². The number of halogens is 2. The van der Waals surface area contributed by atoms with Gasteiger partial charge in [-0.05, 0) is 52.7 Å². The highest BCUT2D eigenvalue weighted by molar-refractivity contribution is 9.11. The Morgan fingerprint density at radius 3 is 2.65 bits per heavy atom. The minimum atomic E-state index is -0.186. The number of ether oxygens (including phenoxy) is 1. The van der Waals surface area contributed by atoms with Gasteiger partial charge in [-0.3, -0.25) is 4.79 Å². The van der Waals surface area contributed by atoms with Gasteiger partial charge < -0.3 is 10.1 Å². The van der Waals surface area contributed by atoms with E-state index in [1.165, 1.54) is 0 Å². The number of nitrogens with one attached hydrogen (secondary N) is 1. The minimum absolute atomic E-state index is 0.0332. The van der Waals surface area contributed by atoms with E-state index >= 15 is 0 Å². The normalized spacial score (nSPS) is 10.2. The number of carbonyl (C=O) groups is 1. The summed E-state index contributed by atoms with van der Waals surface area (Å²) in [6.07, 6.45) is 0. The van der Waals surface area contributed by atoms with Gasteiger partial charge in [0.25, 0.3) is 5.91 Å². The Hall–Kier alpha value is -1.33. The largest absolute Gasteiger partial charge is 0.483 e. The lowest BCUT2D eigenvalue weighted by Gasteiger charge is -2.10. The molecule has 0 bridgehead atoms. The number of benzene rings is 2. The first-order valence-electron chi connectivity index (χ1n) is 5.99. The number of hydrogen-bond donors (Lipinski definition) is 1. The molecule has 0 aliphatic heterocycles. The second-order valence-electron chi connectivity index (χ2n) is 4.23. The SMILES string of the molecule is Cc1ccccc1NC(=O)COc1ccc(Br)cc1Br. The molecule has 0 atom stereocenters. The molecule has 3 nitrogen and oxygen atoms in total. The number of anilines is 1. The quantitative estimate of drug-likeness (QED) is 0.821.